The smallest absolute Gasteiger partial charge is 0.128 e. The van der Waals surface area contributed by atoms with Crippen molar-refractivity contribution in [3.8, 4) is 16.3 Å². The molecule has 1 heterocycles. The van der Waals surface area contributed by atoms with E-state index in [2.05, 4.69) is 23.2 Å². The lowest BCUT2D eigenvalue weighted by Crippen LogP contribution is -1.80. The number of fused-ring (bicyclic) bond motifs is 1. The number of benzene rings is 3. The van der Waals surface area contributed by atoms with Crippen LogP contribution in [0.5, 0.6) is 5.75 Å². The largest absolute Gasteiger partial charge is 0.507 e. The number of aromatic nitrogens is 1. The molecule has 4 aromatic rings. The molecule has 24 heavy (non-hydrogen) atoms. The predicted molar refractivity (Wildman–Crippen MR) is 102 cm³/mol. The molecule has 0 aliphatic carbocycles. The molecular formula is C21H15NOS. The molecule has 0 aliphatic rings. The summed E-state index contributed by atoms with van der Waals surface area (Å²) in [6.07, 6.45) is 4.11. The lowest BCUT2D eigenvalue weighted by molar-refractivity contribution is 0.477. The Labute approximate surface area is 144 Å². The number of thiazole rings is 1. The highest BCUT2D eigenvalue weighted by Crippen LogP contribution is 2.36. The fraction of sp³-hybridized carbons (Fsp3) is 0. The third kappa shape index (κ3) is 2.94. The zero-order valence-electron chi connectivity index (χ0n) is 12.9. The van der Waals surface area contributed by atoms with E-state index >= 15 is 0 Å². The first kappa shape index (κ1) is 14.7. The SMILES string of the molecule is Oc1ccc(/C=C/c2ccccc2)cc1-c1nc2ccccc2s1. The number of para-hydroxylation sites is 1. The maximum Gasteiger partial charge on any atom is 0.128 e. The maximum atomic E-state index is 10.2. The number of rotatable bonds is 3. The van der Waals surface area contributed by atoms with Gasteiger partial charge in [-0.05, 0) is 35.4 Å². The van der Waals surface area contributed by atoms with Gasteiger partial charge >= 0.3 is 0 Å². The van der Waals surface area contributed by atoms with Crippen LogP contribution in [-0.2, 0) is 0 Å². The van der Waals surface area contributed by atoms with Crippen molar-refractivity contribution in [2.45, 2.75) is 0 Å². The lowest BCUT2D eigenvalue weighted by Gasteiger charge is -2.02. The molecule has 4 rings (SSSR count). The first-order valence-electron chi connectivity index (χ1n) is 7.72. The number of hydrogen-bond acceptors (Lipinski definition) is 3. The molecule has 0 amide bonds. The fourth-order valence-corrected chi connectivity index (χ4v) is 3.56. The summed E-state index contributed by atoms with van der Waals surface area (Å²) in [6, 6.07) is 23.8. The van der Waals surface area contributed by atoms with Crippen LogP contribution in [0.4, 0.5) is 0 Å². The van der Waals surface area contributed by atoms with Crippen LogP contribution in [0.25, 0.3) is 32.9 Å². The molecule has 0 saturated carbocycles. The van der Waals surface area contributed by atoms with Crippen molar-refractivity contribution in [2.75, 3.05) is 0 Å². The average molecular weight is 329 g/mol. The van der Waals surface area contributed by atoms with Gasteiger partial charge in [-0.3, -0.25) is 0 Å². The van der Waals surface area contributed by atoms with Gasteiger partial charge in [0.05, 0.1) is 15.8 Å². The van der Waals surface area contributed by atoms with Crippen molar-refractivity contribution in [1.29, 1.82) is 0 Å². The minimum atomic E-state index is 0.255. The molecule has 116 valence electrons. The fourth-order valence-electron chi connectivity index (χ4n) is 2.57. The van der Waals surface area contributed by atoms with Crippen LogP contribution in [0.15, 0.2) is 72.8 Å². The number of hydrogen-bond donors (Lipinski definition) is 1. The minimum absolute atomic E-state index is 0.255. The van der Waals surface area contributed by atoms with Crippen LogP contribution in [0.3, 0.4) is 0 Å². The van der Waals surface area contributed by atoms with E-state index in [1.807, 2.05) is 60.7 Å². The Balaban J connectivity index is 1.72. The zero-order valence-corrected chi connectivity index (χ0v) is 13.7. The summed E-state index contributed by atoms with van der Waals surface area (Å²) in [5, 5.41) is 11.1. The summed E-state index contributed by atoms with van der Waals surface area (Å²) >= 11 is 1.59. The summed E-state index contributed by atoms with van der Waals surface area (Å²) in [6.45, 7) is 0. The first-order valence-corrected chi connectivity index (χ1v) is 8.53. The van der Waals surface area contributed by atoms with Crippen LogP contribution in [0, 0.1) is 0 Å². The highest BCUT2D eigenvalue weighted by Gasteiger charge is 2.10. The van der Waals surface area contributed by atoms with Crippen molar-refractivity contribution in [3.63, 3.8) is 0 Å². The molecule has 0 spiro atoms. The van der Waals surface area contributed by atoms with Gasteiger partial charge in [0.25, 0.3) is 0 Å². The number of phenols is 1. The predicted octanol–water partition coefficient (Wildman–Crippen LogP) is 5.84. The van der Waals surface area contributed by atoms with Crippen LogP contribution < -0.4 is 0 Å². The second kappa shape index (κ2) is 6.30. The van der Waals surface area contributed by atoms with Crippen molar-refractivity contribution in [1.82, 2.24) is 4.98 Å². The van der Waals surface area contributed by atoms with Crippen LogP contribution in [0.1, 0.15) is 11.1 Å². The van der Waals surface area contributed by atoms with E-state index in [-0.39, 0.29) is 5.75 Å². The van der Waals surface area contributed by atoms with Gasteiger partial charge in [-0.15, -0.1) is 11.3 Å². The molecule has 0 aliphatic heterocycles. The van der Waals surface area contributed by atoms with E-state index in [1.165, 1.54) is 0 Å². The molecule has 1 N–H and O–H groups in total. The second-order valence-electron chi connectivity index (χ2n) is 5.51. The van der Waals surface area contributed by atoms with E-state index < -0.39 is 0 Å². The molecule has 0 fully saturated rings. The molecule has 0 radical (unpaired) electrons. The molecule has 0 atom stereocenters. The summed E-state index contributed by atoms with van der Waals surface area (Å²) < 4.78 is 1.12. The van der Waals surface area contributed by atoms with Gasteiger partial charge in [0, 0.05) is 0 Å². The van der Waals surface area contributed by atoms with Crippen molar-refractivity contribution in [2.24, 2.45) is 0 Å². The molecular weight excluding hydrogens is 314 g/mol. The van der Waals surface area contributed by atoms with E-state index in [4.69, 9.17) is 0 Å². The van der Waals surface area contributed by atoms with Crippen LogP contribution in [-0.4, -0.2) is 10.1 Å². The highest BCUT2D eigenvalue weighted by molar-refractivity contribution is 7.21. The van der Waals surface area contributed by atoms with Gasteiger partial charge in [0.2, 0.25) is 0 Å². The van der Waals surface area contributed by atoms with E-state index in [1.54, 1.807) is 17.4 Å². The number of aromatic hydroxyl groups is 1. The molecule has 2 nitrogen and oxygen atoms in total. The van der Waals surface area contributed by atoms with Gasteiger partial charge in [0.1, 0.15) is 10.8 Å². The lowest BCUT2D eigenvalue weighted by atomic mass is 10.1. The first-order chi connectivity index (χ1) is 11.8. The molecule has 3 aromatic carbocycles. The maximum absolute atomic E-state index is 10.2. The third-order valence-electron chi connectivity index (χ3n) is 3.81. The Morgan fingerprint density at radius 1 is 0.792 bits per heavy atom. The Morgan fingerprint density at radius 2 is 1.54 bits per heavy atom. The molecule has 1 aromatic heterocycles. The molecule has 3 heteroatoms. The second-order valence-corrected chi connectivity index (χ2v) is 6.54. The number of nitrogens with zero attached hydrogens (tertiary/aromatic N) is 1. The summed E-state index contributed by atoms with van der Waals surface area (Å²) in [5.41, 5.74) is 3.91. The standard InChI is InChI=1S/C21H15NOS/c23-19-13-12-16(11-10-15-6-2-1-3-7-15)14-17(19)21-22-18-8-4-5-9-20(18)24-21/h1-14,23H/b11-10+. The van der Waals surface area contributed by atoms with Crippen molar-refractivity contribution < 1.29 is 5.11 Å². The Bertz CT molecular complexity index is 985. The van der Waals surface area contributed by atoms with Gasteiger partial charge < -0.3 is 5.11 Å². The van der Waals surface area contributed by atoms with E-state index in [0.29, 0.717) is 0 Å². The quantitative estimate of drug-likeness (QED) is 0.479. The van der Waals surface area contributed by atoms with Gasteiger partial charge in [-0.1, -0.05) is 60.7 Å². The normalized spacial score (nSPS) is 11.3. The summed E-state index contributed by atoms with van der Waals surface area (Å²) in [5.74, 6) is 0.255. The van der Waals surface area contributed by atoms with Crippen LogP contribution in [0.2, 0.25) is 0 Å². The van der Waals surface area contributed by atoms with E-state index in [0.717, 1.165) is 31.9 Å². The average Bonchev–Trinajstić information content (AvgIpc) is 3.06. The van der Waals surface area contributed by atoms with Gasteiger partial charge in [-0.2, -0.15) is 0 Å². The highest BCUT2D eigenvalue weighted by atomic mass is 32.1. The molecule has 0 saturated heterocycles. The Kier molecular flexibility index (Phi) is 3.85. The third-order valence-corrected chi connectivity index (χ3v) is 4.88. The number of phenolic OH excluding ortho intramolecular Hbond substituents is 1. The van der Waals surface area contributed by atoms with Crippen molar-refractivity contribution in [3.05, 3.63) is 83.9 Å². The Hall–Kier alpha value is -2.91. The van der Waals surface area contributed by atoms with Gasteiger partial charge in [0.15, 0.2) is 0 Å². The Morgan fingerprint density at radius 3 is 2.38 bits per heavy atom. The van der Waals surface area contributed by atoms with E-state index in [9.17, 15) is 5.11 Å². The molecule has 0 bridgehead atoms. The van der Waals surface area contributed by atoms with Crippen molar-refractivity contribution >= 4 is 33.7 Å². The van der Waals surface area contributed by atoms with Gasteiger partial charge in [-0.25, -0.2) is 4.98 Å². The monoisotopic (exact) mass is 329 g/mol. The molecule has 0 unspecified atom stereocenters. The summed E-state index contributed by atoms with van der Waals surface area (Å²) in [4.78, 5) is 4.64. The minimum Gasteiger partial charge on any atom is -0.507 e. The summed E-state index contributed by atoms with van der Waals surface area (Å²) in [7, 11) is 0. The van der Waals surface area contributed by atoms with Crippen LogP contribution >= 0.6 is 11.3 Å². The topological polar surface area (TPSA) is 33.1 Å². The zero-order chi connectivity index (χ0) is 16.4.